The lowest BCUT2D eigenvalue weighted by molar-refractivity contribution is 0.983. The molecule has 0 radical (unpaired) electrons. The van der Waals surface area contributed by atoms with Gasteiger partial charge in [0.25, 0.3) is 0 Å². The van der Waals surface area contributed by atoms with Gasteiger partial charge in [-0.1, -0.05) is 6.07 Å². The molecule has 0 aliphatic rings. The summed E-state index contributed by atoms with van der Waals surface area (Å²) in [5.41, 5.74) is 5.26. The van der Waals surface area contributed by atoms with Gasteiger partial charge in [0.15, 0.2) is 0 Å². The van der Waals surface area contributed by atoms with Gasteiger partial charge >= 0.3 is 0 Å². The molecule has 3 aromatic rings. The van der Waals surface area contributed by atoms with E-state index in [2.05, 4.69) is 19.7 Å². The van der Waals surface area contributed by atoms with Crippen molar-refractivity contribution < 1.29 is 0 Å². The average Bonchev–Trinajstić information content (AvgIpc) is 2.74. The van der Waals surface area contributed by atoms with Gasteiger partial charge in [-0.3, -0.25) is 4.98 Å². The molecule has 1 N–H and O–H groups in total. The number of rotatable bonds is 3. The maximum Gasteiger partial charge on any atom is 0.137 e. The van der Waals surface area contributed by atoms with E-state index in [0.29, 0.717) is 0 Å². The van der Waals surface area contributed by atoms with Crippen LogP contribution in [0.3, 0.4) is 0 Å². The van der Waals surface area contributed by atoms with E-state index in [1.54, 1.807) is 0 Å². The summed E-state index contributed by atoms with van der Waals surface area (Å²) in [4.78, 5) is 8.83. The van der Waals surface area contributed by atoms with Crippen LogP contribution in [-0.2, 0) is 6.54 Å². The second-order valence-electron chi connectivity index (χ2n) is 4.61. The van der Waals surface area contributed by atoms with Crippen molar-refractivity contribution in [1.82, 2.24) is 14.4 Å². The van der Waals surface area contributed by atoms with Crippen molar-refractivity contribution in [3.05, 3.63) is 59.8 Å². The fourth-order valence-corrected chi connectivity index (χ4v) is 2.14. The Morgan fingerprint density at radius 3 is 2.84 bits per heavy atom. The minimum atomic E-state index is 0.738. The normalized spacial score (nSPS) is 10.8. The van der Waals surface area contributed by atoms with E-state index < -0.39 is 0 Å². The van der Waals surface area contributed by atoms with Gasteiger partial charge in [-0.2, -0.15) is 0 Å². The highest BCUT2D eigenvalue weighted by Crippen LogP contribution is 2.14. The first-order valence-corrected chi connectivity index (χ1v) is 6.33. The lowest BCUT2D eigenvalue weighted by atomic mass is 10.3. The zero-order valence-electron chi connectivity index (χ0n) is 11.1. The molecular weight excluding hydrogens is 236 g/mol. The second kappa shape index (κ2) is 4.72. The van der Waals surface area contributed by atoms with Crippen molar-refractivity contribution in [3.63, 3.8) is 0 Å². The molecular formula is C15H16N4. The van der Waals surface area contributed by atoms with E-state index in [0.717, 1.165) is 29.3 Å². The van der Waals surface area contributed by atoms with Gasteiger partial charge in [-0.15, -0.1) is 0 Å². The molecule has 3 aromatic heterocycles. The van der Waals surface area contributed by atoms with E-state index >= 15 is 0 Å². The fourth-order valence-electron chi connectivity index (χ4n) is 2.14. The molecule has 96 valence electrons. The molecule has 0 aliphatic heterocycles. The Bertz CT molecular complexity index is 698. The Morgan fingerprint density at radius 2 is 2.05 bits per heavy atom. The predicted molar refractivity (Wildman–Crippen MR) is 76.2 cm³/mol. The molecule has 19 heavy (non-hydrogen) atoms. The highest BCUT2D eigenvalue weighted by molar-refractivity contribution is 5.45. The van der Waals surface area contributed by atoms with Gasteiger partial charge in [0, 0.05) is 11.9 Å². The number of pyridine rings is 2. The Labute approximate surface area is 112 Å². The van der Waals surface area contributed by atoms with E-state index in [1.165, 1.54) is 5.69 Å². The first kappa shape index (κ1) is 11.7. The third-order valence-corrected chi connectivity index (χ3v) is 3.20. The van der Waals surface area contributed by atoms with E-state index in [4.69, 9.17) is 0 Å². The Kier molecular flexibility index (Phi) is 2.91. The summed E-state index contributed by atoms with van der Waals surface area (Å²) in [6.45, 7) is 4.76. The number of imidazole rings is 1. The third-order valence-electron chi connectivity index (χ3n) is 3.20. The van der Waals surface area contributed by atoms with Gasteiger partial charge in [0.2, 0.25) is 0 Å². The van der Waals surface area contributed by atoms with E-state index in [-0.39, 0.29) is 0 Å². The molecule has 0 unspecified atom stereocenters. The lowest BCUT2D eigenvalue weighted by Crippen LogP contribution is -2.04. The molecule has 0 aromatic carbocycles. The molecule has 4 nitrogen and oxygen atoms in total. The lowest BCUT2D eigenvalue weighted by Gasteiger charge is -2.07. The monoisotopic (exact) mass is 252 g/mol. The number of hydrogen-bond acceptors (Lipinski definition) is 3. The van der Waals surface area contributed by atoms with Crippen molar-refractivity contribution in [3.8, 4) is 0 Å². The van der Waals surface area contributed by atoms with Gasteiger partial charge in [0.05, 0.1) is 29.8 Å². The van der Waals surface area contributed by atoms with Gasteiger partial charge in [-0.25, -0.2) is 4.98 Å². The van der Waals surface area contributed by atoms with Crippen molar-refractivity contribution in [2.45, 2.75) is 20.4 Å². The summed E-state index contributed by atoms with van der Waals surface area (Å²) in [7, 11) is 0. The molecule has 0 aliphatic carbocycles. The van der Waals surface area contributed by atoms with Crippen LogP contribution in [0.1, 0.15) is 17.1 Å². The maximum atomic E-state index is 4.55. The second-order valence-corrected chi connectivity index (χ2v) is 4.61. The molecule has 3 heterocycles. The SMILES string of the molecule is Cc1ccc(NCc2c(C)nc3ccccn23)cn1. The van der Waals surface area contributed by atoms with Gasteiger partial charge < -0.3 is 9.72 Å². The fraction of sp³-hybridized carbons (Fsp3) is 0.200. The molecule has 3 rings (SSSR count). The predicted octanol–water partition coefficient (Wildman–Crippen LogP) is 2.96. The summed E-state index contributed by atoms with van der Waals surface area (Å²) in [5, 5.41) is 3.38. The van der Waals surface area contributed by atoms with Crippen LogP contribution in [0.5, 0.6) is 0 Å². The van der Waals surface area contributed by atoms with Crippen LogP contribution in [0.15, 0.2) is 42.7 Å². The molecule has 0 bridgehead atoms. The van der Waals surface area contributed by atoms with Gasteiger partial charge in [-0.05, 0) is 38.1 Å². The zero-order chi connectivity index (χ0) is 13.2. The quantitative estimate of drug-likeness (QED) is 0.779. The highest BCUT2D eigenvalue weighted by Gasteiger charge is 2.07. The molecule has 0 atom stereocenters. The standard InChI is InChI=1S/C15H16N4/c1-11-6-7-13(9-16-11)17-10-14-12(2)18-15-5-3-4-8-19(14)15/h3-9,17H,10H2,1-2H3. The Balaban J connectivity index is 1.85. The van der Waals surface area contributed by atoms with Crippen LogP contribution in [0.2, 0.25) is 0 Å². The highest BCUT2D eigenvalue weighted by atomic mass is 15.0. The maximum absolute atomic E-state index is 4.55. The number of anilines is 1. The van der Waals surface area contributed by atoms with Crippen LogP contribution in [0.25, 0.3) is 5.65 Å². The third kappa shape index (κ3) is 2.29. The summed E-state index contributed by atoms with van der Waals surface area (Å²) in [5.74, 6) is 0. The van der Waals surface area contributed by atoms with E-state index in [9.17, 15) is 0 Å². The first-order chi connectivity index (χ1) is 9.24. The number of aromatic nitrogens is 3. The molecule has 0 spiro atoms. The first-order valence-electron chi connectivity index (χ1n) is 6.33. The number of nitrogens with one attached hydrogen (secondary N) is 1. The topological polar surface area (TPSA) is 42.2 Å². The zero-order valence-corrected chi connectivity index (χ0v) is 11.1. The number of aryl methyl sites for hydroxylation is 2. The summed E-state index contributed by atoms with van der Waals surface area (Å²) in [6, 6.07) is 10.1. The minimum Gasteiger partial charge on any atom is -0.378 e. The minimum absolute atomic E-state index is 0.738. The Morgan fingerprint density at radius 1 is 1.16 bits per heavy atom. The summed E-state index contributed by atoms with van der Waals surface area (Å²) in [6.07, 6.45) is 3.90. The number of fused-ring (bicyclic) bond motifs is 1. The summed E-state index contributed by atoms with van der Waals surface area (Å²) >= 11 is 0. The van der Waals surface area contributed by atoms with Crippen LogP contribution >= 0.6 is 0 Å². The smallest absolute Gasteiger partial charge is 0.137 e. The largest absolute Gasteiger partial charge is 0.378 e. The molecule has 0 saturated carbocycles. The molecule has 4 heteroatoms. The summed E-state index contributed by atoms with van der Waals surface area (Å²) < 4.78 is 2.12. The van der Waals surface area contributed by atoms with Crippen LogP contribution in [-0.4, -0.2) is 14.4 Å². The number of nitrogens with zero attached hydrogens (tertiary/aromatic N) is 3. The molecule has 0 saturated heterocycles. The van der Waals surface area contributed by atoms with Crippen molar-refractivity contribution in [2.75, 3.05) is 5.32 Å². The van der Waals surface area contributed by atoms with Crippen molar-refractivity contribution in [2.24, 2.45) is 0 Å². The van der Waals surface area contributed by atoms with E-state index in [1.807, 2.05) is 56.6 Å². The van der Waals surface area contributed by atoms with Crippen molar-refractivity contribution in [1.29, 1.82) is 0 Å². The van der Waals surface area contributed by atoms with Crippen LogP contribution in [0, 0.1) is 13.8 Å². The van der Waals surface area contributed by atoms with Crippen LogP contribution < -0.4 is 5.32 Å². The number of hydrogen-bond donors (Lipinski definition) is 1. The van der Waals surface area contributed by atoms with Crippen LogP contribution in [0.4, 0.5) is 5.69 Å². The van der Waals surface area contributed by atoms with Crippen molar-refractivity contribution >= 4 is 11.3 Å². The molecule has 0 fully saturated rings. The Hall–Kier alpha value is -2.36. The molecule has 0 amide bonds. The average molecular weight is 252 g/mol. The van der Waals surface area contributed by atoms with Gasteiger partial charge in [0.1, 0.15) is 5.65 Å².